The van der Waals surface area contributed by atoms with Crippen LogP contribution in [0.2, 0.25) is 0 Å². The quantitative estimate of drug-likeness (QED) is 0.839. The number of para-hydroxylation sites is 1. The van der Waals surface area contributed by atoms with Gasteiger partial charge >= 0.3 is 0 Å². The Morgan fingerprint density at radius 1 is 1.27 bits per heavy atom. The number of fused-ring (bicyclic) bond motifs is 2. The molecule has 4 atom stereocenters. The molecule has 0 aliphatic heterocycles. The Labute approximate surface area is 133 Å². The lowest BCUT2D eigenvalue weighted by Gasteiger charge is -2.65. The number of nitrogens with zero attached hydrogens (tertiary/aromatic N) is 1. The zero-order chi connectivity index (χ0) is 16.1. The number of aliphatic hydroxyl groups excluding tert-OH is 1. The molecule has 2 N–H and O–H groups in total. The van der Waals surface area contributed by atoms with Crippen LogP contribution >= 0.6 is 0 Å². The number of hydrogen-bond acceptors (Lipinski definition) is 3. The van der Waals surface area contributed by atoms with Gasteiger partial charge in [0.2, 0.25) is 0 Å². The highest BCUT2D eigenvalue weighted by molar-refractivity contribution is 5.84. The van der Waals surface area contributed by atoms with Gasteiger partial charge in [-0.3, -0.25) is 4.99 Å². The van der Waals surface area contributed by atoms with Crippen LogP contribution in [0.25, 0.3) is 0 Å². The maximum Gasteiger partial charge on any atom is 0.127 e. The van der Waals surface area contributed by atoms with E-state index in [1.54, 1.807) is 6.21 Å². The average molecular weight is 301 g/mol. The number of hydrogen-bond donors (Lipinski definition) is 2. The second kappa shape index (κ2) is 5.09. The van der Waals surface area contributed by atoms with E-state index in [9.17, 15) is 10.2 Å². The van der Waals surface area contributed by atoms with E-state index in [1.165, 1.54) is 6.42 Å². The molecular formula is C19H27NO2. The van der Waals surface area contributed by atoms with Crippen molar-refractivity contribution in [3.63, 3.8) is 0 Å². The van der Waals surface area contributed by atoms with Gasteiger partial charge in [0.15, 0.2) is 0 Å². The fraction of sp³-hybridized carbons (Fsp3) is 0.632. The summed E-state index contributed by atoms with van der Waals surface area (Å²) < 4.78 is 0. The number of aryl methyl sites for hydroxylation is 1. The van der Waals surface area contributed by atoms with Crippen LogP contribution in [0.1, 0.15) is 44.7 Å². The van der Waals surface area contributed by atoms with E-state index < -0.39 is 0 Å². The van der Waals surface area contributed by atoms with Gasteiger partial charge in [-0.2, -0.15) is 0 Å². The molecule has 0 radical (unpaired) electrons. The fourth-order valence-corrected chi connectivity index (χ4v) is 4.72. The van der Waals surface area contributed by atoms with Gasteiger partial charge in [0.1, 0.15) is 5.75 Å². The molecule has 0 heterocycles. The summed E-state index contributed by atoms with van der Waals surface area (Å²) in [6.45, 7) is 8.93. The smallest absolute Gasteiger partial charge is 0.127 e. The van der Waals surface area contributed by atoms with Crippen LogP contribution in [0.5, 0.6) is 5.75 Å². The minimum atomic E-state index is -0.247. The van der Waals surface area contributed by atoms with Gasteiger partial charge < -0.3 is 10.2 Å². The molecule has 3 saturated carbocycles. The first-order valence-electron chi connectivity index (χ1n) is 8.25. The number of aromatic hydroxyl groups is 1. The lowest BCUT2D eigenvalue weighted by Crippen LogP contribution is -2.64. The van der Waals surface area contributed by atoms with E-state index in [0.29, 0.717) is 23.0 Å². The summed E-state index contributed by atoms with van der Waals surface area (Å²) in [5.41, 5.74) is 1.67. The Bertz CT molecular complexity index is 607. The van der Waals surface area contributed by atoms with Crippen molar-refractivity contribution in [1.29, 1.82) is 0 Å². The molecule has 4 rings (SSSR count). The summed E-state index contributed by atoms with van der Waals surface area (Å²) in [5, 5.41) is 20.0. The fourth-order valence-electron chi connectivity index (χ4n) is 4.72. The highest BCUT2D eigenvalue weighted by Gasteiger charge is 2.62. The van der Waals surface area contributed by atoms with Gasteiger partial charge in [-0.25, -0.2) is 0 Å². The molecule has 22 heavy (non-hydrogen) atoms. The number of aliphatic imine (C=N–C) groups is 1. The first kappa shape index (κ1) is 15.5. The summed E-state index contributed by atoms with van der Waals surface area (Å²) in [6, 6.07) is 5.72. The Morgan fingerprint density at radius 3 is 2.64 bits per heavy atom. The standard InChI is InChI=1S/C19H27NO2/c1-12-6-5-7-13(17(12)22)10-20-19(4)15(11-21)8-14-9-16(19)18(14,2)3/h5-7,10,14-16,21-22H,8-9,11H2,1-4H3/t14-,15+,16+,19-/m1/s1. The van der Waals surface area contributed by atoms with Gasteiger partial charge in [0, 0.05) is 24.3 Å². The highest BCUT2D eigenvalue weighted by atomic mass is 16.3. The third-order valence-corrected chi connectivity index (χ3v) is 6.54. The molecule has 3 heteroatoms. The molecule has 3 aliphatic rings. The van der Waals surface area contributed by atoms with Crippen LogP contribution in [-0.4, -0.2) is 28.6 Å². The highest BCUT2D eigenvalue weighted by Crippen LogP contribution is 2.65. The molecule has 2 bridgehead atoms. The van der Waals surface area contributed by atoms with Crippen LogP contribution in [0.3, 0.4) is 0 Å². The monoisotopic (exact) mass is 301 g/mol. The van der Waals surface area contributed by atoms with Crippen molar-refractivity contribution >= 4 is 6.21 Å². The van der Waals surface area contributed by atoms with Crippen molar-refractivity contribution in [3.8, 4) is 5.75 Å². The Hall–Kier alpha value is -1.35. The Balaban J connectivity index is 1.94. The minimum Gasteiger partial charge on any atom is -0.507 e. The maximum absolute atomic E-state index is 10.2. The number of rotatable bonds is 3. The van der Waals surface area contributed by atoms with Crippen molar-refractivity contribution in [2.45, 2.75) is 46.1 Å². The van der Waals surface area contributed by atoms with Crippen molar-refractivity contribution in [2.75, 3.05) is 6.61 Å². The first-order chi connectivity index (χ1) is 10.3. The third kappa shape index (κ3) is 2.10. The maximum atomic E-state index is 10.2. The lowest BCUT2D eigenvalue weighted by molar-refractivity contribution is -0.148. The van der Waals surface area contributed by atoms with Crippen LogP contribution < -0.4 is 0 Å². The van der Waals surface area contributed by atoms with Crippen molar-refractivity contribution in [2.24, 2.45) is 28.2 Å². The third-order valence-electron chi connectivity index (χ3n) is 6.54. The average Bonchev–Trinajstić information content (AvgIpc) is 2.48. The van der Waals surface area contributed by atoms with Crippen LogP contribution in [0, 0.1) is 30.1 Å². The van der Waals surface area contributed by atoms with Gasteiger partial charge in [0.25, 0.3) is 0 Å². The number of phenols is 1. The molecule has 120 valence electrons. The molecule has 0 saturated heterocycles. The zero-order valence-corrected chi connectivity index (χ0v) is 14.0. The number of aliphatic hydroxyl groups is 1. The second-order valence-corrected chi connectivity index (χ2v) is 7.92. The predicted octanol–water partition coefficient (Wildman–Crippen LogP) is 3.55. The SMILES string of the molecule is Cc1cccc(C=N[C@]2(C)[C@H](CO)C[C@@H]3C[C@H]2C3(C)C)c1O. The van der Waals surface area contributed by atoms with Crippen molar-refractivity contribution in [1.82, 2.24) is 0 Å². The summed E-state index contributed by atoms with van der Waals surface area (Å²) >= 11 is 0. The van der Waals surface area contributed by atoms with Gasteiger partial charge in [0.05, 0.1) is 5.54 Å². The molecule has 0 amide bonds. The van der Waals surface area contributed by atoms with Crippen molar-refractivity contribution < 1.29 is 10.2 Å². The molecule has 0 unspecified atom stereocenters. The van der Waals surface area contributed by atoms with E-state index >= 15 is 0 Å². The summed E-state index contributed by atoms with van der Waals surface area (Å²) in [5.74, 6) is 1.73. The topological polar surface area (TPSA) is 52.8 Å². The molecule has 3 fully saturated rings. The molecule has 0 spiro atoms. The second-order valence-electron chi connectivity index (χ2n) is 7.92. The van der Waals surface area contributed by atoms with Crippen LogP contribution in [0.15, 0.2) is 23.2 Å². The van der Waals surface area contributed by atoms with E-state index in [0.717, 1.165) is 17.5 Å². The molecule has 3 aliphatic carbocycles. The van der Waals surface area contributed by atoms with Crippen LogP contribution in [0.4, 0.5) is 0 Å². The van der Waals surface area contributed by atoms with E-state index in [4.69, 9.17) is 4.99 Å². The molecular weight excluding hydrogens is 274 g/mol. The largest absolute Gasteiger partial charge is 0.507 e. The van der Waals surface area contributed by atoms with E-state index in [1.807, 2.05) is 25.1 Å². The van der Waals surface area contributed by atoms with Crippen LogP contribution in [-0.2, 0) is 0 Å². The summed E-state index contributed by atoms with van der Waals surface area (Å²) in [6.07, 6.45) is 4.06. The number of phenolic OH excluding ortho intramolecular Hbond substituents is 1. The summed E-state index contributed by atoms with van der Waals surface area (Å²) in [4.78, 5) is 4.91. The Morgan fingerprint density at radius 2 is 2.00 bits per heavy atom. The lowest BCUT2D eigenvalue weighted by atomic mass is 9.41. The molecule has 0 aromatic heterocycles. The summed E-state index contributed by atoms with van der Waals surface area (Å²) in [7, 11) is 0. The minimum absolute atomic E-state index is 0.191. The molecule has 1 aromatic rings. The Kier molecular flexibility index (Phi) is 3.59. The van der Waals surface area contributed by atoms with Crippen molar-refractivity contribution in [3.05, 3.63) is 29.3 Å². The van der Waals surface area contributed by atoms with E-state index in [2.05, 4.69) is 20.8 Å². The zero-order valence-electron chi connectivity index (χ0n) is 14.0. The molecule has 1 aromatic carbocycles. The normalized spacial score (nSPS) is 36.3. The first-order valence-corrected chi connectivity index (χ1v) is 8.25. The predicted molar refractivity (Wildman–Crippen MR) is 89.4 cm³/mol. The molecule has 3 nitrogen and oxygen atoms in total. The van der Waals surface area contributed by atoms with Gasteiger partial charge in [-0.1, -0.05) is 26.0 Å². The van der Waals surface area contributed by atoms with Gasteiger partial charge in [-0.15, -0.1) is 0 Å². The van der Waals surface area contributed by atoms with Gasteiger partial charge in [-0.05, 0) is 55.6 Å². The van der Waals surface area contributed by atoms with E-state index in [-0.39, 0.29) is 18.1 Å². The number of benzene rings is 1.